The fourth-order valence-electron chi connectivity index (χ4n) is 2.37. The number of amides is 1. The van der Waals surface area contributed by atoms with Gasteiger partial charge in [0.15, 0.2) is 0 Å². The standard InChI is InChI=1S/C13H22N4O2/c1-8(2)13-16-15-11(19-13)7-17-6-10(12(14)18)5-4-9(17)3/h8-10H,4-7H2,1-3H3,(H2,14,18)/t9-,10-/m0/s1. The summed E-state index contributed by atoms with van der Waals surface area (Å²) in [5.74, 6) is 1.22. The van der Waals surface area contributed by atoms with E-state index in [0.29, 0.717) is 30.9 Å². The van der Waals surface area contributed by atoms with Crippen LogP contribution in [-0.2, 0) is 11.3 Å². The SMILES string of the molecule is CC(C)c1nnc(CN2C[C@@H](C(N)=O)CC[C@@H]2C)o1. The van der Waals surface area contributed by atoms with Gasteiger partial charge < -0.3 is 10.2 Å². The lowest BCUT2D eigenvalue weighted by Crippen LogP contribution is -2.45. The molecular formula is C13H22N4O2. The molecule has 0 unspecified atom stereocenters. The molecule has 0 bridgehead atoms. The highest BCUT2D eigenvalue weighted by atomic mass is 16.4. The second-order valence-electron chi connectivity index (χ2n) is 5.64. The first-order chi connectivity index (χ1) is 8.97. The Hall–Kier alpha value is -1.43. The highest BCUT2D eigenvalue weighted by Gasteiger charge is 2.29. The fraction of sp³-hybridized carbons (Fsp3) is 0.769. The first-order valence-electron chi connectivity index (χ1n) is 6.83. The molecule has 0 aliphatic carbocycles. The smallest absolute Gasteiger partial charge is 0.230 e. The van der Waals surface area contributed by atoms with Crippen LogP contribution < -0.4 is 5.73 Å². The topological polar surface area (TPSA) is 85.3 Å². The predicted octanol–water partition coefficient (Wildman–Crippen LogP) is 1.28. The van der Waals surface area contributed by atoms with E-state index in [9.17, 15) is 4.79 Å². The molecule has 0 radical (unpaired) electrons. The second-order valence-corrected chi connectivity index (χ2v) is 5.64. The normalized spacial score (nSPS) is 24.8. The van der Waals surface area contributed by atoms with E-state index in [-0.39, 0.29) is 17.7 Å². The summed E-state index contributed by atoms with van der Waals surface area (Å²) < 4.78 is 5.61. The minimum atomic E-state index is -0.217. The largest absolute Gasteiger partial charge is 0.424 e. The molecule has 2 rings (SSSR count). The van der Waals surface area contributed by atoms with Crippen LogP contribution >= 0.6 is 0 Å². The predicted molar refractivity (Wildman–Crippen MR) is 70.2 cm³/mol. The van der Waals surface area contributed by atoms with E-state index in [0.717, 1.165) is 12.8 Å². The Balaban J connectivity index is 2.01. The molecule has 19 heavy (non-hydrogen) atoms. The molecule has 2 heterocycles. The van der Waals surface area contributed by atoms with E-state index in [1.165, 1.54) is 0 Å². The first-order valence-corrected chi connectivity index (χ1v) is 6.83. The van der Waals surface area contributed by atoms with Crippen LogP contribution in [0.1, 0.15) is 51.3 Å². The van der Waals surface area contributed by atoms with Gasteiger partial charge in [-0.2, -0.15) is 0 Å². The number of aromatic nitrogens is 2. The zero-order valence-corrected chi connectivity index (χ0v) is 11.8. The van der Waals surface area contributed by atoms with Gasteiger partial charge in [0.1, 0.15) is 0 Å². The molecule has 0 saturated carbocycles. The van der Waals surface area contributed by atoms with Gasteiger partial charge in [-0.25, -0.2) is 0 Å². The van der Waals surface area contributed by atoms with Crippen molar-refractivity contribution in [2.24, 2.45) is 11.7 Å². The number of carbonyl (C=O) groups excluding carboxylic acids is 1. The summed E-state index contributed by atoms with van der Waals surface area (Å²) in [4.78, 5) is 13.5. The Labute approximate surface area is 113 Å². The van der Waals surface area contributed by atoms with Gasteiger partial charge in [-0.3, -0.25) is 9.69 Å². The molecule has 1 fully saturated rings. The Morgan fingerprint density at radius 3 is 2.79 bits per heavy atom. The summed E-state index contributed by atoms with van der Waals surface area (Å²) in [5, 5.41) is 8.09. The molecule has 1 aliphatic rings. The van der Waals surface area contributed by atoms with Gasteiger partial charge in [-0.15, -0.1) is 10.2 Å². The van der Waals surface area contributed by atoms with Crippen molar-refractivity contribution in [3.05, 3.63) is 11.8 Å². The summed E-state index contributed by atoms with van der Waals surface area (Å²) >= 11 is 0. The van der Waals surface area contributed by atoms with Crippen LogP contribution in [0.3, 0.4) is 0 Å². The van der Waals surface area contributed by atoms with Crippen LogP contribution in [0, 0.1) is 5.92 Å². The average Bonchev–Trinajstić information content (AvgIpc) is 2.80. The van der Waals surface area contributed by atoms with Crippen molar-refractivity contribution in [2.45, 2.75) is 52.1 Å². The highest BCUT2D eigenvalue weighted by Crippen LogP contribution is 2.23. The van der Waals surface area contributed by atoms with Gasteiger partial charge >= 0.3 is 0 Å². The number of nitrogens with two attached hydrogens (primary N) is 1. The van der Waals surface area contributed by atoms with E-state index < -0.39 is 0 Å². The Morgan fingerprint density at radius 1 is 1.47 bits per heavy atom. The van der Waals surface area contributed by atoms with Gasteiger partial charge in [0.2, 0.25) is 17.7 Å². The quantitative estimate of drug-likeness (QED) is 0.887. The maximum Gasteiger partial charge on any atom is 0.230 e. The fourth-order valence-corrected chi connectivity index (χ4v) is 2.37. The minimum absolute atomic E-state index is 0.0660. The minimum Gasteiger partial charge on any atom is -0.424 e. The van der Waals surface area contributed by atoms with Crippen molar-refractivity contribution in [3.63, 3.8) is 0 Å². The van der Waals surface area contributed by atoms with E-state index >= 15 is 0 Å². The average molecular weight is 266 g/mol. The molecule has 1 amide bonds. The number of hydrogen-bond donors (Lipinski definition) is 1. The monoisotopic (exact) mass is 266 g/mol. The van der Waals surface area contributed by atoms with Crippen LogP contribution in [0.5, 0.6) is 0 Å². The summed E-state index contributed by atoms with van der Waals surface area (Å²) in [5.41, 5.74) is 5.40. The number of primary amides is 1. The number of carbonyl (C=O) groups is 1. The van der Waals surface area contributed by atoms with Crippen molar-refractivity contribution >= 4 is 5.91 Å². The van der Waals surface area contributed by atoms with Crippen molar-refractivity contribution in [1.82, 2.24) is 15.1 Å². The summed E-state index contributed by atoms with van der Waals surface area (Å²) in [6.45, 7) is 7.45. The van der Waals surface area contributed by atoms with Gasteiger partial charge in [-0.1, -0.05) is 13.8 Å². The van der Waals surface area contributed by atoms with Gasteiger partial charge in [0.25, 0.3) is 0 Å². The third-order valence-corrected chi connectivity index (χ3v) is 3.73. The third-order valence-electron chi connectivity index (χ3n) is 3.73. The molecule has 0 spiro atoms. The molecule has 1 aromatic heterocycles. The molecule has 1 saturated heterocycles. The molecule has 6 heteroatoms. The van der Waals surface area contributed by atoms with Crippen LogP contribution in [0.25, 0.3) is 0 Å². The van der Waals surface area contributed by atoms with Gasteiger partial charge in [0.05, 0.1) is 12.5 Å². The number of piperidine rings is 1. The van der Waals surface area contributed by atoms with Crippen LogP contribution in [0.2, 0.25) is 0 Å². The number of hydrogen-bond acceptors (Lipinski definition) is 5. The molecule has 2 atom stereocenters. The lowest BCUT2D eigenvalue weighted by atomic mass is 9.93. The maximum atomic E-state index is 11.3. The van der Waals surface area contributed by atoms with Gasteiger partial charge in [0, 0.05) is 18.5 Å². The number of rotatable bonds is 4. The number of nitrogens with zero attached hydrogens (tertiary/aromatic N) is 3. The molecule has 2 N–H and O–H groups in total. The van der Waals surface area contributed by atoms with E-state index in [4.69, 9.17) is 10.2 Å². The first kappa shape index (κ1) is 14.0. The third kappa shape index (κ3) is 3.32. The Bertz CT molecular complexity index is 444. The maximum absolute atomic E-state index is 11.3. The molecule has 1 aromatic rings. The van der Waals surface area contributed by atoms with Crippen molar-refractivity contribution < 1.29 is 9.21 Å². The van der Waals surface area contributed by atoms with Gasteiger partial charge in [-0.05, 0) is 19.8 Å². The van der Waals surface area contributed by atoms with Crippen LogP contribution in [-0.4, -0.2) is 33.6 Å². The van der Waals surface area contributed by atoms with E-state index in [2.05, 4.69) is 22.0 Å². The molecule has 106 valence electrons. The van der Waals surface area contributed by atoms with E-state index in [1.807, 2.05) is 13.8 Å². The summed E-state index contributed by atoms with van der Waals surface area (Å²) in [7, 11) is 0. The lowest BCUT2D eigenvalue weighted by Gasteiger charge is -2.35. The van der Waals surface area contributed by atoms with E-state index in [1.54, 1.807) is 0 Å². The second kappa shape index (κ2) is 5.69. The zero-order chi connectivity index (χ0) is 14.0. The van der Waals surface area contributed by atoms with Crippen LogP contribution in [0.4, 0.5) is 0 Å². The zero-order valence-electron chi connectivity index (χ0n) is 11.8. The molecule has 6 nitrogen and oxygen atoms in total. The summed E-state index contributed by atoms with van der Waals surface area (Å²) in [6, 6.07) is 0.407. The summed E-state index contributed by atoms with van der Waals surface area (Å²) in [6.07, 6.45) is 1.84. The van der Waals surface area contributed by atoms with Crippen molar-refractivity contribution in [1.29, 1.82) is 0 Å². The Kier molecular flexibility index (Phi) is 4.19. The van der Waals surface area contributed by atoms with Crippen molar-refractivity contribution in [3.8, 4) is 0 Å². The molecule has 1 aliphatic heterocycles. The Morgan fingerprint density at radius 2 is 2.21 bits per heavy atom. The highest BCUT2D eigenvalue weighted by molar-refractivity contribution is 5.76. The lowest BCUT2D eigenvalue weighted by molar-refractivity contribution is -0.124. The molecular weight excluding hydrogens is 244 g/mol. The van der Waals surface area contributed by atoms with Crippen molar-refractivity contribution in [2.75, 3.05) is 6.54 Å². The van der Waals surface area contributed by atoms with Crippen LogP contribution in [0.15, 0.2) is 4.42 Å². The number of likely N-dealkylation sites (tertiary alicyclic amines) is 1. The molecule has 0 aromatic carbocycles.